The Kier molecular flexibility index (Phi) is 4.93. The van der Waals surface area contributed by atoms with Crippen molar-refractivity contribution in [1.29, 1.82) is 0 Å². The highest BCUT2D eigenvalue weighted by molar-refractivity contribution is 6.30. The first kappa shape index (κ1) is 18.9. The van der Waals surface area contributed by atoms with Crippen LogP contribution >= 0.6 is 11.6 Å². The SMILES string of the molecule is Cc1cccc(NC(=O)CN2C(=O)N[C@@](C)(c3ccc(Cl)cc3)C2=O)c1C. The fourth-order valence-corrected chi connectivity index (χ4v) is 3.17. The van der Waals surface area contributed by atoms with Gasteiger partial charge in [0.05, 0.1) is 0 Å². The highest BCUT2D eigenvalue weighted by atomic mass is 35.5. The average molecular weight is 386 g/mol. The van der Waals surface area contributed by atoms with Crippen LogP contribution in [0.25, 0.3) is 0 Å². The number of hydrogen-bond donors (Lipinski definition) is 2. The molecule has 140 valence electrons. The van der Waals surface area contributed by atoms with Crippen molar-refractivity contribution in [1.82, 2.24) is 10.2 Å². The van der Waals surface area contributed by atoms with Gasteiger partial charge in [0.25, 0.3) is 5.91 Å². The zero-order valence-electron chi connectivity index (χ0n) is 15.3. The summed E-state index contributed by atoms with van der Waals surface area (Å²) in [6.45, 7) is 5.09. The number of nitrogens with one attached hydrogen (secondary N) is 2. The van der Waals surface area contributed by atoms with Crippen molar-refractivity contribution < 1.29 is 14.4 Å². The predicted molar refractivity (Wildman–Crippen MR) is 104 cm³/mol. The molecule has 0 bridgehead atoms. The summed E-state index contributed by atoms with van der Waals surface area (Å²) >= 11 is 5.89. The summed E-state index contributed by atoms with van der Waals surface area (Å²) in [4.78, 5) is 38.5. The molecule has 3 rings (SSSR count). The molecule has 1 atom stereocenters. The third-order valence-corrected chi connectivity index (χ3v) is 5.13. The number of imide groups is 1. The second kappa shape index (κ2) is 7.04. The highest BCUT2D eigenvalue weighted by Gasteiger charge is 2.49. The molecule has 7 heteroatoms. The molecule has 1 fully saturated rings. The summed E-state index contributed by atoms with van der Waals surface area (Å²) in [5, 5.41) is 5.96. The third kappa shape index (κ3) is 3.53. The monoisotopic (exact) mass is 385 g/mol. The minimum Gasteiger partial charge on any atom is -0.324 e. The van der Waals surface area contributed by atoms with Crippen LogP contribution in [-0.2, 0) is 15.1 Å². The Morgan fingerprint density at radius 3 is 2.48 bits per heavy atom. The molecule has 2 aromatic rings. The van der Waals surface area contributed by atoms with Crippen LogP contribution in [0.1, 0.15) is 23.6 Å². The van der Waals surface area contributed by atoms with Gasteiger partial charge >= 0.3 is 6.03 Å². The lowest BCUT2D eigenvalue weighted by molar-refractivity contribution is -0.133. The summed E-state index contributed by atoms with van der Waals surface area (Å²) in [7, 11) is 0. The molecule has 0 aliphatic carbocycles. The van der Waals surface area contributed by atoms with Gasteiger partial charge in [-0.2, -0.15) is 0 Å². The van der Waals surface area contributed by atoms with Gasteiger partial charge in [0, 0.05) is 10.7 Å². The zero-order chi connectivity index (χ0) is 19.8. The van der Waals surface area contributed by atoms with Gasteiger partial charge in [-0.1, -0.05) is 35.9 Å². The summed E-state index contributed by atoms with van der Waals surface area (Å²) < 4.78 is 0. The molecule has 4 amide bonds. The molecular formula is C20H20ClN3O3. The van der Waals surface area contributed by atoms with Gasteiger partial charge < -0.3 is 10.6 Å². The van der Waals surface area contributed by atoms with E-state index in [1.54, 1.807) is 37.3 Å². The van der Waals surface area contributed by atoms with Crippen molar-refractivity contribution in [2.45, 2.75) is 26.3 Å². The molecule has 6 nitrogen and oxygen atoms in total. The van der Waals surface area contributed by atoms with E-state index in [0.717, 1.165) is 16.0 Å². The number of halogens is 1. The van der Waals surface area contributed by atoms with Crippen molar-refractivity contribution >= 4 is 35.1 Å². The van der Waals surface area contributed by atoms with E-state index in [1.165, 1.54) is 0 Å². The summed E-state index contributed by atoms with van der Waals surface area (Å²) in [5.74, 6) is -0.918. The molecule has 0 radical (unpaired) electrons. The topological polar surface area (TPSA) is 78.5 Å². The minimum absolute atomic E-state index is 0.360. The fourth-order valence-electron chi connectivity index (χ4n) is 3.04. The summed E-state index contributed by atoms with van der Waals surface area (Å²) in [6, 6.07) is 11.6. The Labute approximate surface area is 162 Å². The quantitative estimate of drug-likeness (QED) is 0.792. The lowest BCUT2D eigenvalue weighted by Gasteiger charge is -2.22. The molecule has 27 heavy (non-hydrogen) atoms. The number of carbonyl (C=O) groups is 3. The van der Waals surface area contributed by atoms with Gasteiger partial charge in [0.2, 0.25) is 5.91 Å². The van der Waals surface area contributed by atoms with Gasteiger partial charge in [-0.3, -0.25) is 14.5 Å². The Morgan fingerprint density at radius 1 is 1.15 bits per heavy atom. The molecule has 0 unspecified atom stereocenters. The van der Waals surface area contributed by atoms with E-state index in [-0.39, 0.29) is 6.54 Å². The number of aryl methyl sites for hydroxylation is 1. The number of nitrogens with zero attached hydrogens (tertiary/aromatic N) is 1. The number of hydrogen-bond acceptors (Lipinski definition) is 3. The van der Waals surface area contributed by atoms with Gasteiger partial charge in [0.1, 0.15) is 12.1 Å². The van der Waals surface area contributed by atoms with Crippen LogP contribution in [0.3, 0.4) is 0 Å². The maximum atomic E-state index is 12.9. The Hall–Kier alpha value is -2.86. The molecule has 0 saturated carbocycles. The molecule has 1 aliphatic heterocycles. The zero-order valence-corrected chi connectivity index (χ0v) is 16.1. The molecule has 1 aliphatic rings. The molecule has 0 aromatic heterocycles. The molecular weight excluding hydrogens is 366 g/mol. The van der Waals surface area contributed by atoms with E-state index >= 15 is 0 Å². The number of carbonyl (C=O) groups excluding carboxylic acids is 3. The first-order valence-corrected chi connectivity index (χ1v) is 8.86. The number of anilines is 1. The van der Waals surface area contributed by atoms with Crippen molar-refractivity contribution in [3.05, 3.63) is 64.2 Å². The third-order valence-electron chi connectivity index (χ3n) is 4.88. The van der Waals surface area contributed by atoms with Gasteiger partial charge in [-0.15, -0.1) is 0 Å². The van der Waals surface area contributed by atoms with Gasteiger partial charge in [-0.25, -0.2) is 4.79 Å². The Balaban J connectivity index is 1.76. The van der Waals surface area contributed by atoms with Crippen molar-refractivity contribution in [2.24, 2.45) is 0 Å². The van der Waals surface area contributed by atoms with E-state index in [0.29, 0.717) is 16.3 Å². The van der Waals surface area contributed by atoms with Crippen molar-refractivity contribution in [3.8, 4) is 0 Å². The van der Waals surface area contributed by atoms with Crippen LogP contribution in [-0.4, -0.2) is 29.3 Å². The van der Waals surface area contributed by atoms with Gasteiger partial charge in [0.15, 0.2) is 0 Å². The second-order valence-corrected chi connectivity index (χ2v) is 7.19. The molecule has 1 heterocycles. The fraction of sp³-hybridized carbons (Fsp3) is 0.250. The van der Waals surface area contributed by atoms with Gasteiger partial charge in [-0.05, 0) is 55.7 Å². The standard InChI is InChI=1S/C20H20ClN3O3/c1-12-5-4-6-16(13(12)2)22-17(25)11-24-18(26)20(3,23-19(24)27)14-7-9-15(21)10-8-14/h4-10H,11H2,1-3H3,(H,22,25)(H,23,27)/t20-/m0/s1. The second-order valence-electron chi connectivity index (χ2n) is 6.75. The first-order valence-electron chi connectivity index (χ1n) is 8.48. The van der Waals surface area contributed by atoms with Crippen LogP contribution in [0.2, 0.25) is 5.02 Å². The van der Waals surface area contributed by atoms with E-state index in [1.807, 2.05) is 26.0 Å². The molecule has 2 aromatic carbocycles. The number of benzene rings is 2. The van der Waals surface area contributed by atoms with Crippen LogP contribution in [0.4, 0.5) is 10.5 Å². The number of urea groups is 1. The number of amides is 4. The molecule has 0 spiro atoms. The summed E-state index contributed by atoms with van der Waals surface area (Å²) in [5.41, 5.74) is 2.00. The van der Waals surface area contributed by atoms with E-state index < -0.39 is 23.4 Å². The maximum absolute atomic E-state index is 12.9. The lowest BCUT2D eigenvalue weighted by atomic mass is 9.92. The highest BCUT2D eigenvalue weighted by Crippen LogP contribution is 2.29. The first-order chi connectivity index (χ1) is 12.7. The largest absolute Gasteiger partial charge is 0.325 e. The van der Waals surface area contributed by atoms with Crippen molar-refractivity contribution in [3.63, 3.8) is 0 Å². The predicted octanol–water partition coefficient (Wildman–Crippen LogP) is 3.36. The van der Waals surface area contributed by atoms with E-state index in [2.05, 4.69) is 10.6 Å². The normalized spacial score (nSPS) is 19.2. The van der Waals surface area contributed by atoms with Crippen LogP contribution in [0.15, 0.2) is 42.5 Å². The number of rotatable bonds is 4. The van der Waals surface area contributed by atoms with Crippen molar-refractivity contribution in [2.75, 3.05) is 11.9 Å². The minimum atomic E-state index is -1.23. The van der Waals surface area contributed by atoms with Crippen LogP contribution in [0.5, 0.6) is 0 Å². The molecule has 2 N–H and O–H groups in total. The Bertz CT molecular complexity index is 927. The van der Waals surface area contributed by atoms with E-state index in [9.17, 15) is 14.4 Å². The maximum Gasteiger partial charge on any atom is 0.325 e. The molecule has 1 saturated heterocycles. The van der Waals surface area contributed by atoms with Crippen LogP contribution in [0, 0.1) is 13.8 Å². The van der Waals surface area contributed by atoms with E-state index in [4.69, 9.17) is 11.6 Å². The summed E-state index contributed by atoms with van der Waals surface area (Å²) in [6.07, 6.45) is 0. The Morgan fingerprint density at radius 2 is 1.81 bits per heavy atom. The van der Waals surface area contributed by atoms with Crippen LogP contribution < -0.4 is 10.6 Å². The average Bonchev–Trinajstić information content (AvgIpc) is 2.83. The lowest BCUT2D eigenvalue weighted by Crippen LogP contribution is -2.42. The smallest absolute Gasteiger partial charge is 0.324 e.